The summed E-state index contributed by atoms with van der Waals surface area (Å²) >= 11 is 0. The van der Waals surface area contributed by atoms with Gasteiger partial charge in [0.15, 0.2) is 6.61 Å². The summed E-state index contributed by atoms with van der Waals surface area (Å²) < 4.78 is 10.3. The lowest BCUT2D eigenvalue weighted by Crippen LogP contribution is -2.38. The van der Waals surface area contributed by atoms with Crippen molar-refractivity contribution < 1.29 is 23.7 Å². The summed E-state index contributed by atoms with van der Waals surface area (Å²) in [6.07, 6.45) is 0. The van der Waals surface area contributed by atoms with E-state index in [4.69, 9.17) is 9.15 Å². The number of hydrogen-bond acceptors (Lipinski definition) is 6. The van der Waals surface area contributed by atoms with Crippen LogP contribution in [0.1, 0.15) is 31.3 Å². The molecule has 1 heterocycles. The molecule has 8 heteroatoms. The fourth-order valence-corrected chi connectivity index (χ4v) is 2.01. The molecule has 0 fully saturated rings. The molecule has 2 aromatic rings. The van der Waals surface area contributed by atoms with Crippen molar-refractivity contribution in [2.75, 3.05) is 6.61 Å². The predicted molar refractivity (Wildman–Crippen MR) is 93.5 cm³/mol. The van der Waals surface area contributed by atoms with Crippen LogP contribution in [0.15, 0.2) is 40.8 Å². The first-order valence-corrected chi connectivity index (χ1v) is 8.09. The van der Waals surface area contributed by atoms with Crippen molar-refractivity contribution >= 4 is 17.6 Å². The van der Waals surface area contributed by atoms with Crippen LogP contribution in [0.4, 0.5) is 5.69 Å². The molecule has 2 rings (SSSR count). The van der Waals surface area contributed by atoms with Gasteiger partial charge >= 0.3 is 5.97 Å². The lowest BCUT2D eigenvalue weighted by atomic mass is 10.1. The summed E-state index contributed by atoms with van der Waals surface area (Å²) in [5.41, 5.74) is 0.541. The van der Waals surface area contributed by atoms with E-state index in [1.54, 1.807) is 6.07 Å². The Kier molecular flexibility index (Phi) is 6.11. The normalized spacial score (nSPS) is 11.8. The van der Waals surface area contributed by atoms with Crippen LogP contribution < -0.4 is 5.32 Å². The van der Waals surface area contributed by atoms with Gasteiger partial charge in [0, 0.05) is 23.7 Å². The van der Waals surface area contributed by atoms with E-state index < -0.39 is 17.5 Å². The highest BCUT2D eigenvalue weighted by Gasteiger charge is 2.17. The second-order valence-corrected chi connectivity index (χ2v) is 6.14. The molecule has 1 amide bonds. The molecule has 0 spiro atoms. The molecule has 0 aliphatic rings. The van der Waals surface area contributed by atoms with Crippen molar-refractivity contribution in [1.29, 1.82) is 0 Å². The van der Waals surface area contributed by atoms with E-state index in [-0.39, 0.29) is 29.3 Å². The van der Waals surface area contributed by atoms with Gasteiger partial charge in [-0.3, -0.25) is 14.9 Å². The molecule has 26 heavy (non-hydrogen) atoms. The van der Waals surface area contributed by atoms with Crippen LogP contribution in [0.5, 0.6) is 0 Å². The van der Waals surface area contributed by atoms with Gasteiger partial charge in [0.25, 0.3) is 11.6 Å². The fraction of sp³-hybridized carbons (Fsp3) is 0.333. The number of amides is 1. The molecule has 1 aromatic carbocycles. The lowest BCUT2D eigenvalue weighted by Gasteiger charge is -2.17. The summed E-state index contributed by atoms with van der Waals surface area (Å²) in [5, 5.41) is 13.4. The minimum atomic E-state index is -0.759. The third-order valence-corrected chi connectivity index (χ3v) is 3.89. The summed E-state index contributed by atoms with van der Waals surface area (Å²) in [4.78, 5) is 33.9. The smallest absolute Gasteiger partial charge is 0.374 e. The molecule has 0 bridgehead atoms. The van der Waals surface area contributed by atoms with E-state index in [1.807, 2.05) is 20.8 Å². The third kappa shape index (κ3) is 4.92. The van der Waals surface area contributed by atoms with Crippen molar-refractivity contribution in [3.63, 3.8) is 0 Å². The van der Waals surface area contributed by atoms with Gasteiger partial charge in [-0.25, -0.2) is 4.79 Å². The van der Waals surface area contributed by atoms with Crippen LogP contribution in [0, 0.1) is 16.0 Å². The highest BCUT2D eigenvalue weighted by Crippen LogP contribution is 2.24. The minimum absolute atomic E-state index is 0.0291. The number of esters is 1. The fourth-order valence-electron chi connectivity index (χ4n) is 2.01. The monoisotopic (exact) mass is 360 g/mol. The van der Waals surface area contributed by atoms with Gasteiger partial charge in [0.1, 0.15) is 5.76 Å². The van der Waals surface area contributed by atoms with E-state index >= 15 is 0 Å². The summed E-state index contributed by atoms with van der Waals surface area (Å²) in [5.74, 6) is -0.566. The standard InChI is InChI=1S/C18H20N2O6/c1-11(2)12(3)19-17(21)10-25-18(22)16-9-8-15(26-16)13-4-6-14(7-5-13)20(23)24/h4-9,11-12H,10H2,1-3H3,(H,19,21)/t12-/m0/s1. The predicted octanol–water partition coefficient (Wildman–Crippen LogP) is 3.17. The first-order chi connectivity index (χ1) is 12.3. The first kappa shape index (κ1) is 19.2. The largest absolute Gasteiger partial charge is 0.450 e. The van der Waals surface area contributed by atoms with E-state index in [0.29, 0.717) is 11.3 Å². The molecule has 8 nitrogen and oxygen atoms in total. The van der Waals surface area contributed by atoms with Crippen LogP contribution in [0.25, 0.3) is 11.3 Å². The maximum Gasteiger partial charge on any atom is 0.374 e. The number of carbonyl (C=O) groups excluding carboxylic acids is 2. The summed E-state index contributed by atoms with van der Waals surface area (Å²) in [6.45, 7) is 5.41. The third-order valence-electron chi connectivity index (χ3n) is 3.89. The second kappa shape index (κ2) is 8.28. The molecule has 0 saturated heterocycles. The van der Waals surface area contributed by atoms with Gasteiger partial charge in [0.05, 0.1) is 4.92 Å². The molecule has 0 saturated carbocycles. The second-order valence-electron chi connectivity index (χ2n) is 6.14. The SMILES string of the molecule is CC(C)[C@H](C)NC(=O)COC(=O)c1ccc(-c2ccc([N+](=O)[O-])cc2)o1. The lowest BCUT2D eigenvalue weighted by molar-refractivity contribution is -0.384. The maximum atomic E-state index is 12.0. The number of ether oxygens (including phenoxy) is 1. The molecule has 1 aromatic heterocycles. The van der Waals surface area contributed by atoms with Gasteiger partial charge in [-0.15, -0.1) is 0 Å². The Morgan fingerprint density at radius 1 is 1.15 bits per heavy atom. The zero-order chi connectivity index (χ0) is 19.3. The Morgan fingerprint density at radius 2 is 1.81 bits per heavy atom. The molecule has 0 aliphatic heterocycles. The number of benzene rings is 1. The van der Waals surface area contributed by atoms with Crippen LogP contribution >= 0.6 is 0 Å². The van der Waals surface area contributed by atoms with Crippen molar-refractivity contribution in [2.45, 2.75) is 26.8 Å². The number of nitrogens with one attached hydrogen (secondary N) is 1. The van der Waals surface area contributed by atoms with E-state index in [0.717, 1.165) is 0 Å². The number of nitrogens with zero attached hydrogens (tertiary/aromatic N) is 1. The van der Waals surface area contributed by atoms with Crippen molar-refractivity contribution in [3.05, 3.63) is 52.3 Å². The van der Waals surface area contributed by atoms with Crippen LogP contribution in [-0.2, 0) is 9.53 Å². The molecule has 1 N–H and O–H groups in total. The van der Waals surface area contributed by atoms with Crippen molar-refractivity contribution in [3.8, 4) is 11.3 Å². The van der Waals surface area contributed by atoms with Gasteiger partial charge in [-0.1, -0.05) is 13.8 Å². The summed E-state index contributed by atoms with van der Waals surface area (Å²) in [6, 6.07) is 8.68. The van der Waals surface area contributed by atoms with E-state index in [1.165, 1.54) is 30.3 Å². The van der Waals surface area contributed by atoms with Crippen molar-refractivity contribution in [2.24, 2.45) is 5.92 Å². The molecule has 0 radical (unpaired) electrons. The number of nitro groups is 1. The molecule has 138 valence electrons. The minimum Gasteiger partial charge on any atom is -0.450 e. The number of hydrogen-bond donors (Lipinski definition) is 1. The summed E-state index contributed by atoms with van der Waals surface area (Å²) in [7, 11) is 0. The van der Waals surface area contributed by atoms with E-state index in [2.05, 4.69) is 5.32 Å². The highest BCUT2D eigenvalue weighted by molar-refractivity contribution is 5.89. The van der Waals surface area contributed by atoms with Gasteiger partial charge < -0.3 is 14.5 Å². The molecule has 0 unspecified atom stereocenters. The average molecular weight is 360 g/mol. The molecular formula is C18H20N2O6. The van der Waals surface area contributed by atoms with Crippen molar-refractivity contribution in [1.82, 2.24) is 5.32 Å². The van der Waals surface area contributed by atoms with Crippen LogP contribution in [0.3, 0.4) is 0 Å². The topological polar surface area (TPSA) is 112 Å². The number of rotatable bonds is 7. The zero-order valence-corrected chi connectivity index (χ0v) is 14.7. The number of carbonyl (C=O) groups is 2. The van der Waals surface area contributed by atoms with Crippen LogP contribution in [0.2, 0.25) is 0 Å². The number of non-ortho nitro benzene ring substituents is 1. The van der Waals surface area contributed by atoms with Gasteiger partial charge in [-0.2, -0.15) is 0 Å². The van der Waals surface area contributed by atoms with E-state index in [9.17, 15) is 19.7 Å². The van der Waals surface area contributed by atoms with Gasteiger partial charge in [-0.05, 0) is 37.1 Å². The van der Waals surface area contributed by atoms with Gasteiger partial charge in [0.2, 0.25) is 5.76 Å². The number of nitro benzene ring substituents is 1. The Hall–Kier alpha value is -3.16. The van der Waals surface area contributed by atoms with Crippen LogP contribution in [-0.4, -0.2) is 29.4 Å². The Morgan fingerprint density at radius 3 is 2.38 bits per heavy atom. The number of furan rings is 1. The molecule has 1 atom stereocenters. The zero-order valence-electron chi connectivity index (χ0n) is 14.7. The molecular weight excluding hydrogens is 340 g/mol. The quantitative estimate of drug-likeness (QED) is 0.461. The maximum absolute atomic E-state index is 12.0. The average Bonchev–Trinajstić information content (AvgIpc) is 3.09. The molecule has 0 aliphatic carbocycles. The first-order valence-electron chi connectivity index (χ1n) is 8.09. The Labute approximate surface area is 150 Å². The highest BCUT2D eigenvalue weighted by atomic mass is 16.6. The Balaban J connectivity index is 1.95. The Bertz CT molecular complexity index is 794.